The molecule has 0 N–H and O–H groups in total. The lowest BCUT2D eigenvalue weighted by molar-refractivity contribution is 0.101. The minimum atomic E-state index is 0.0830. The highest BCUT2D eigenvalue weighted by Crippen LogP contribution is 2.29. The summed E-state index contributed by atoms with van der Waals surface area (Å²) < 4.78 is 3.13. The van der Waals surface area contributed by atoms with Gasteiger partial charge in [-0.3, -0.25) is 4.79 Å². The van der Waals surface area contributed by atoms with Gasteiger partial charge in [0.15, 0.2) is 5.78 Å². The third kappa shape index (κ3) is 2.18. The normalized spacial score (nSPS) is 10.9. The van der Waals surface area contributed by atoms with Crippen LogP contribution in [0.4, 0.5) is 0 Å². The van der Waals surface area contributed by atoms with E-state index in [1.807, 2.05) is 24.4 Å². The van der Waals surface area contributed by atoms with Gasteiger partial charge in [0.1, 0.15) is 0 Å². The van der Waals surface area contributed by atoms with Crippen LogP contribution in [0.1, 0.15) is 22.8 Å². The fraction of sp³-hybridized carbons (Fsp3) is 0.118. The van der Waals surface area contributed by atoms with Crippen LogP contribution in [0, 0.1) is 6.92 Å². The summed E-state index contributed by atoms with van der Waals surface area (Å²) in [5.41, 5.74) is 4.09. The molecule has 0 aliphatic carbocycles. The Bertz CT molecular complexity index is 800. The van der Waals surface area contributed by atoms with E-state index >= 15 is 0 Å². The number of Topliss-reactive ketones (excluding diaryl/α,β-unsaturated/α-hetero) is 1. The number of ketones is 1. The summed E-state index contributed by atoms with van der Waals surface area (Å²) in [4.78, 5) is 11.6. The fourth-order valence-electron chi connectivity index (χ4n) is 2.32. The summed E-state index contributed by atoms with van der Waals surface area (Å²) in [7, 11) is 0. The van der Waals surface area contributed by atoms with Gasteiger partial charge >= 0.3 is 0 Å². The van der Waals surface area contributed by atoms with E-state index in [2.05, 4.69) is 51.7 Å². The molecule has 3 heteroatoms. The topological polar surface area (TPSA) is 22.0 Å². The molecule has 0 atom stereocenters. The molecule has 0 bridgehead atoms. The second kappa shape index (κ2) is 4.91. The van der Waals surface area contributed by atoms with Crippen molar-refractivity contribution in [2.45, 2.75) is 13.8 Å². The minimum absolute atomic E-state index is 0.0830. The van der Waals surface area contributed by atoms with Gasteiger partial charge in [-0.25, -0.2) is 0 Å². The van der Waals surface area contributed by atoms with Gasteiger partial charge in [0.25, 0.3) is 0 Å². The summed E-state index contributed by atoms with van der Waals surface area (Å²) in [5, 5.41) is 1.11. The Labute approximate surface area is 126 Å². The van der Waals surface area contributed by atoms with E-state index in [0.29, 0.717) is 0 Å². The number of aromatic nitrogens is 1. The summed E-state index contributed by atoms with van der Waals surface area (Å²) in [6.07, 6.45) is 2.04. The van der Waals surface area contributed by atoms with Crippen LogP contribution in [0.25, 0.3) is 16.6 Å². The number of benzene rings is 2. The molecule has 0 amide bonds. The summed E-state index contributed by atoms with van der Waals surface area (Å²) >= 11 is 3.59. The van der Waals surface area contributed by atoms with Gasteiger partial charge in [0.2, 0.25) is 0 Å². The van der Waals surface area contributed by atoms with Crippen molar-refractivity contribution >= 4 is 32.6 Å². The minimum Gasteiger partial charge on any atom is -0.315 e. The smallest absolute Gasteiger partial charge is 0.159 e. The van der Waals surface area contributed by atoms with Gasteiger partial charge in [-0.05, 0) is 48.0 Å². The monoisotopic (exact) mass is 327 g/mol. The van der Waals surface area contributed by atoms with Crippen molar-refractivity contribution in [3.63, 3.8) is 0 Å². The molecular formula is C17H14BrNO. The molecule has 0 radical (unpaired) electrons. The highest BCUT2D eigenvalue weighted by Gasteiger charge is 2.10. The van der Waals surface area contributed by atoms with Crippen LogP contribution < -0.4 is 0 Å². The fourth-order valence-corrected chi connectivity index (χ4v) is 2.86. The maximum absolute atomic E-state index is 11.6. The second-order valence-electron chi connectivity index (χ2n) is 4.97. The molecule has 3 aromatic rings. The average Bonchev–Trinajstić information content (AvgIpc) is 2.76. The van der Waals surface area contributed by atoms with Crippen molar-refractivity contribution in [1.82, 2.24) is 4.57 Å². The summed E-state index contributed by atoms with van der Waals surface area (Å²) in [5.74, 6) is 0.0830. The number of carbonyl (C=O) groups is 1. The molecule has 0 fully saturated rings. The lowest BCUT2D eigenvalue weighted by Crippen LogP contribution is -1.95. The number of fused-ring (bicyclic) bond motifs is 1. The second-order valence-corrected chi connectivity index (χ2v) is 5.83. The van der Waals surface area contributed by atoms with E-state index in [-0.39, 0.29) is 5.78 Å². The Morgan fingerprint density at radius 2 is 1.80 bits per heavy atom. The van der Waals surface area contributed by atoms with Gasteiger partial charge < -0.3 is 4.57 Å². The number of hydrogen-bond acceptors (Lipinski definition) is 1. The molecule has 100 valence electrons. The van der Waals surface area contributed by atoms with E-state index in [4.69, 9.17) is 0 Å². The first kappa shape index (κ1) is 13.1. The predicted octanol–water partition coefficient (Wildman–Crippen LogP) is 4.90. The number of carbonyl (C=O) groups excluding carboxylic acids is 1. The maximum Gasteiger partial charge on any atom is 0.159 e. The van der Waals surface area contributed by atoms with E-state index < -0.39 is 0 Å². The SMILES string of the molecule is CC(=O)c1ccc2c(Br)cn(-c3ccc(C)cc3)c2c1. The lowest BCUT2D eigenvalue weighted by atomic mass is 10.1. The van der Waals surface area contributed by atoms with Crippen LogP contribution in [-0.4, -0.2) is 10.4 Å². The molecule has 0 aliphatic rings. The maximum atomic E-state index is 11.6. The third-order valence-electron chi connectivity index (χ3n) is 3.48. The zero-order valence-corrected chi connectivity index (χ0v) is 12.9. The largest absolute Gasteiger partial charge is 0.315 e. The zero-order valence-electron chi connectivity index (χ0n) is 11.4. The van der Waals surface area contributed by atoms with Crippen LogP contribution in [-0.2, 0) is 0 Å². The van der Waals surface area contributed by atoms with Gasteiger partial charge in [0.05, 0.1) is 5.52 Å². The first-order chi connectivity index (χ1) is 9.56. The molecule has 1 aromatic heterocycles. The Hall–Kier alpha value is -1.87. The van der Waals surface area contributed by atoms with Crippen LogP contribution in [0.2, 0.25) is 0 Å². The molecule has 0 saturated carbocycles. The number of aryl methyl sites for hydroxylation is 1. The molecule has 1 heterocycles. The van der Waals surface area contributed by atoms with E-state index in [1.165, 1.54) is 5.56 Å². The van der Waals surface area contributed by atoms with Gasteiger partial charge in [-0.2, -0.15) is 0 Å². The van der Waals surface area contributed by atoms with Gasteiger partial charge in [0, 0.05) is 27.3 Å². The van der Waals surface area contributed by atoms with E-state index in [0.717, 1.165) is 26.6 Å². The summed E-state index contributed by atoms with van der Waals surface area (Å²) in [6, 6.07) is 14.1. The average molecular weight is 328 g/mol. The standard InChI is InChI=1S/C17H14BrNO/c1-11-3-6-14(7-4-11)19-10-16(18)15-8-5-13(12(2)20)9-17(15)19/h3-10H,1-2H3. The molecule has 20 heavy (non-hydrogen) atoms. The van der Waals surface area contributed by atoms with Crippen LogP contribution in [0.5, 0.6) is 0 Å². The highest BCUT2D eigenvalue weighted by atomic mass is 79.9. The molecule has 0 aliphatic heterocycles. The molecule has 0 spiro atoms. The molecule has 0 saturated heterocycles. The highest BCUT2D eigenvalue weighted by molar-refractivity contribution is 9.10. The Morgan fingerprint density at radius 1 is 1.10 bits per heavy atom. The Morgan fingerprint density at radius 3 is 2.45 bits per heavy atom. The molecule has 3 rings (SSSR count). The molecule has 2 nitrogen and oxygen atoms in total. The number of hydrogen-bond donors (Lipinski definition) is 0. The van der Waals surface area contributed by atoms with Crippen LogP contribution in [0.15, 0.2) is 53.1 Å². The first-order valence-corrected chi connectivity index (χ1v) is 7.24. The molecule has 0 unspecified atom stereocenters. The van der Waals surface area contributed by atoms with Crippen LogP contribution >= 0.6 is 15.9 Å². The predicted molar refractivity (Wildman–Crippen MR) is 85.7 cm³/mol. The van der Waals surface area contributed by atoms with Crippen molar-refractivity contribution in [3.8, 4) is 5.69 Å². The van der Waals surface area contributed by atoms with E-state index in [1.54, 1.807) is 6.92 Å². The van der Waals surface area contributed by atoms with Crippen molar-refractivity contribution in [2.75, 3.05) is 0 Å². The van der Waals surface area contributed by atoms with Gasteiger partial charge in [-0.15, -0.1) is 0 Å². The third-order valence-corrected chi connectivity index (χ3v) is 4.11. The number of rotatable bonds is 2. The quantitative estimate of drug-likeness (QED) is 0.613. The van der Waals surface area contributed by atoms with Crippen molar-refractivity contribution in [1.29, 1.82) is 0 Å². The van der Waals surface area contributed by atoms with Crippen molar-refractivity contribution in [3.05, 3.63) is 64.3 Å². The van der Waals surface area contributed by atoms with Crippen molar-refractivity contribution < 1.29 is 4.79 Å². The van der Waals surface area contributed by atoms with E-state index in [9.17, 15) is 4.79 Å². The zero-order chi connectivity index (χ0) is 14.3. The number of nitrogens with zero attached hydrogens (tertiary/aromatic N) is 1. The lowest BCUT2D eigenvalue weighted by Gasteiger charge is -2.06. The number of halogens is 1. The van der Waals surface area contributed by atoms with Gasteiger partial charge in [-0.1, -0.05) is 29.8 Å². The molecule has 2 aromatic carbocycles. The Balaban J connectivity index is 2.27. The molecular weight excluding hydrogens is 314 g/mol. The van der Waals surface area contributed by atoms with Crippen LogP contribution in [0.3, 0.4) is 0 Å². The van der Waals surface area contributed by atoms with Crippen molar-refractivity contribution in [2.24, 2.45) is 0 Å². The Kier molecular flexibility index (Phi) is 3.22. The first-order valence-electron chi connectivity index (χ1n) is 6.45. The summed E-state index contributed by atoms with van der Waals surface area (Å²) in [6.45, 7) is 3.66.